The Balaban J connectivity index is 2.42. The number of aromatic amines is 1. The minimum absolute atomic E-state index is 0.170. The van der Waals surface area contributed by atoms with Crippen molar-refractivity contribution in [3.63, 3.8) is 0 Å². The molecule has 0 spiro atoms. The van der Waals surface area contributed by atoms with Crippen LogP contribution in [0.3, 0.4) is 0 Å². The van der Waals surface area contributed by atoms with Crippen LogP contribution in [-0.2, 0) is 0 Å². The number of aromatic nitrogens is 4. The normalized spacial score (nSPS) is 10.0. The van der Waals surface area contributed by atoms with Gasteiger partial charge in [0.05, 0.1) is 6.20 Å². The van der Waals surface area contributed by atoms with Crippen LogP contribution < -0.4 is 10.1 Å². The molecule has 2 aromatic rings. The maximum absolute atomic E-state index is 5.33. The molecule has 2 heterocycles. The maximum Gasteiger partial charge on any atom is 0.230 e. The third-order valence-corrected chi connectivity index (χ3v) is 1.90. The van der Waals surface area contributed by atoms with Gasteiger partial charge in [-0.1, -0.05) is 5.92 Å². The van der Waals surface area contributed by atoms with Gasteiger partial charge in [-0.05, 0) is 6.92 Å². The van der Waals surface area contributed by atoms with Crippen molar-refractivity contribution in [2.24, 2.45) is 0 Å². The fraction of sp³-hybridized carbons (Fsp3) is 0.300. The molecule has 0 aliphatic rings. The Morgan fingerprint density at radius 1 is 1.56 bits per heavy atom. The highest BCUT2D eigenvalue weighted by atomic mass is 16.5. The van der Waals surface area contributed by atoms with E-state index >= 15 is 0 Å². The van der Waals surface area contributed by atoms with Crippen molar-refractivity contribution in [2.75, 3.05) is 18.5 Å². The molecule has 0 aliphatic heterocycles. The molecule has 16 heavy (non-hydrogen) atoms. The summed E-state index contributed by atoms with van der Waals surface area (Å²) in [5.41, 5.74) is 0.623. The van der Waals surface area contributed by atoms with E-state index in [2.05, 4.69) is 31.4 Å². The molecule has 0 atom stereocenters. The number of ether oxygens (including phenoxy) is 1. The van der Waals surface area contributed by atoms with Crippen LogP contribution in [0, 0.1) is 12.3 Å². The third-order valence-electron chi connectivity index (χ3n) is 1.90. The Morgan fingerprint density at radius 3 is 3.19 bits per heavy atom. The molecular weight excluding hydrogens is 206 g/mol. The number of H-pyrrole nitrogens is 1. The number of fused-ring (bicyclic) bond motifs is 1. The summed E-state index contributed by atoms with van der Waals surface area (Å²) in [6, 6.07) is 0. The van der Waals surface area contributed by atoms with Crippen molar-refractivity contribution in [1.82, 2.24) is 20.2 Å². The Hall–Kier alpha value is -2.29. The van der Waals surface area contributed by atoms with Gasteiger partial charge in [-0.3, -0.25) is 5.10 Å². The highest BCUT2D eigenvalue weighted by Crippen LogP contribution is 2.21. The van der Waals surface area contributed by atoms with Gasteiger partial charge >= 0.3 is 0 Å². The Bertz CT molecular complexity index is 527. The summed E-state index contributed by atoms with van der Waals surface area (Å²) in [5.74, 6) is 3.32. The van der Waals surface area contributed by atoms with Crippen LogP contribution in [0.2, 0.25) is 0 Å². The lowest BCUT2D eigenvalue weighted by molar-refractivity contribution is 0.360. The van der Waals surface area contributed by atoms with Crippen LogP contribution in [-0.4, -0.2) is 33.3 Å². The second kappa shape index (κ2) is 4.49. The van der Waals surface area contributed by atoms with Gasteiger partial charge < -0.3 is 10.1 Å². The standard InChI is InChI=1S/C10H11N5O/c1-3-5-16-9-7-6-12-15-8(7)13-10(14-9)11-4-2/h1,6H,4-5H2,2H3,(H2,11,12,13,14,15). The fourth-order valence-corrected chi connectivity index (χ4v) is 1.27. The molecular formula is C10H11N5O. The van der Waals surface area contributed by atoms with Gasteiger partial charge in [0.1, 0.15) is 5.39 Å². The Kier molecular flexibility index (Phi) is 2.87. The first-order chi connectivity index (χ1) is 7.85. The van der Waals surface area contributed by atoms with E-state index in [1.807, 2.05) is 6.92 Å². The molecule has 0 fully saturated rings. The van der Waals surface area contributed by atoms with Gasteiger partial charge in [-0.25, -0.2) is 0 Å². The van der Waals surface area contributed by atoms with Gasteiger partial charge in [0.25, 0.3) is 0 Å². The van der Waals surface area contributed by atoms with E-state index in [1.54, 1.807) is 6.20 Å². The van der Waals surface area contributed by atoms with Crippen molar-refractivity contribution in [3.8, 4) is 18.2 Å². The number of nitrogens with zero attached hydrogens (tertiary/aromatic N) is 3. The van der Waals surface area contributed by atoms with Crippen molar-refractivity contribution < 1.29 is 4.74 Å². The summed E-state index contributed by atoms with van der Waals surface area (Å²) >= 11 is 0. The minimum Gasteiger partial charge on any atom is -0.464 e. The Morgan fingerprint density at radius 2 is 2.44 bits per heavy atom. The van der Waals surface area contributed by atoms with Crippen molar-refractivity contribution in [2.45, 2.75) is 6.92 Å². The topological polar surface area (TPSA) is 75.7 Å². The number of anilines is 1. The lowest BCUT2D eigenvalue weighted by Crippen LogP contribution is -2.05. The number of rotatable bonds is 4. The molecule has 6 heteroatoms. The number of terminal acetylenes is 1. The first kappa shape index (κ1) is 10.2. The molecule has 0 radical (unpaired) electrons. The van der Waals surface area contributed by atoms with Gasteiger partial charge in [0.15, 0.2) is 12.3 Å². The molecule has 0 aromatic carbocycles. The lowest BCUT2D eigenvalue weighted by atomic mass is 10.4. The molecule has 0 saturated carbocycles. The molecule has 2 aromatic heterocycles. The third kappa shape index (κ3) is 1.88. The summed E-state index contributed by atoms with van der Waals surface area (Å²) < 4.78 is 5.33. The molecule has 82 valence electrons. The molecule has 0 bridgehead atoms. The van der Waals surface area contributed by atoms with Gasteiger partial charge in [0.2, 0.25) is 11.8 Å². The second-order valence-corrected chi connectivity index (χ2v) is 3.01. The van der Waals surface area contributed by atoms with E-state index in [0.29, 0.717) is 17.5 Å². The predicted octanol–water partition coefficient (Wildman–Crippen LogP) is 0.797. The van der Waals surface area contributed by atoms with Crippen molar-refractivity contribution in [3.05, 3.63) is 6.20 Å². The van der Waals surface area contributed by atoms with Crippen LogP contribution in [0.15, 0.2) is 6.20 Å². The monoisotopic (exact) mass is 217 g/mol. The summed E-state index contributed by atoms with van der Waals surface area (Å²) in [5, 5.41) is 10.4. The van der Waals surface area contributed by atoms with E-state index in [0.717, 1.165) is 11.9 Å². The van der Waals surface area contributed by atoms with Gasteiger partial charge in [-0.2, -0.15) is 15.1 Å². The first-order valence-electron chi connectivity index (χ1n) is 4.86. The van der Waals surface area contributed by atoms with E-state index in [1.165, 1.54) is 0 Å². The largest absolute Gasteiger partial charge is 0.464 e. The quantitative estimate of drug-likeness (QED) is 0.741. The zero-order valence-corrected chi connectivity index (χ0v) is 8.82. The summed E-state index contributed by atoms with van der Waals surface area (Å²) in [4.78, 5) is 8.42. The van der Waals surface area contributed by atoms with Crippen LogP contribution in [0.1, 0.15) is 6.92 Å². The van der Waals surface area contributed by atoms with Crippen LogP contribution in [0.5, 0.6) is 5.88 Å². The fourth-order valence-electron chi connectivity index (χ4n) is 1.27. The first-order valence-corrected chi connectivity index (χ1v) is 4.86. The highest BCUT2D eigenvalue weighted by molar-refractivity contribution is 5.80. The van der Waals surface area contributed by atoms with Crippen LogP contribution in [0.4, 0.5) is 5.95 Å². The van der Waals surface area contributed by atoms with E-state index in [4.69, 9.17) is 11.2 Å². The zero-order valence-electron chi connectivity index (χ0n) is 8.82. The lowest BCUT2D eigenvalue weighted by Gasteiger charge is -2.05. The van der Waals surface area contributed by atoms with Crippen molar-refractivity contribution >= 4 is 17.0 Å². The Labute approximate surface area is 92.4 Å². The molecule has 2 N–H and O–H groups in total. The molecule has 0 unspecified atom stereocenters. The minimum atomic E-state index is 0.170. The average Bonchev–Trinajstić information content (AvgIpc) is 2.74. The SMILES string of the molecule is C#CCOc1nc(NCC)nc2[nH]ncc12. The number of hydrogen-bond acceptors (Lipinski definition) is 5. The summed E-state index contributed by atoms with van der Waals surface area (Å²) in [6.45, 7) is 2.86. The van der Waals surface area contributed by atoms with Gasteiger partial charge in [-0.15, -0.1) is 6.42 Å². The summed E-state index contributed by atoms with van der Waals surface area (Å²) in [7, 11) is 0. The van der Waals surface area contributed by atoms with Crippen LogP contribution in [0.25, 0.3) is 11.0 Å². The highest BCUT2D eigenvalue weighted by Gasteiger charge is 2.09. The number of nitrogens with one attached hydrogen (secondary N) is 2. The zero-order chi connectivity index (χ0) is 11.4. The smallest absolute Gasteiger partial charge is 0.230 e. The molecule has 0 amide bonds. The average molecular weight is 217 g/mol. The van der Waals surface area contributed by atoms with E-state index in [-0.39, 0.29) is 6.61 Å². The molecule has 0 aliphatic carbocycles. The van der Waals surface area contributed by atoms with Crippen LogP contribution >= 0.6 is 0 Å². The maximum atomic E-state index is 5.33. The second-order valence-electron chi connectivity index (χ2n) is 3.01. The number of hydrogen-bond donors (Lipinski definition) is 2. The summed E-state index contributed by atoms with van der Waals surface area (Å²) in [6.07, 6.45) is 6.74. The predicted molar refractivity (Wildman–Crippen MR) is 60.2 cm³/mol. The molecule has 0 saturated heterocycles. The van der Waals surface area contributed by atoms with E-state index in [9.17, 15) is 0 Å². The molecule has 2 rings (SSSR count). The molecule has 6 nitrogen and oxygen atoms in total. The van der Waals surface area contributed by atoms with E-state index < -0.39 is 0 Å². The van der Waals surface area contributed by atoms with Crippen molar-refractivity contribution in [1.29, 1.82) is 0 Å². The van der Waals surface area contributed by atoms with Gasteiger partial charge in [0, 0.05) is 6.54 Å².